The van der Waals surface area contributed by atoms with Gasteiger partial charge in [-0.2, -0.15) is 0 Å². The van der Waals surface area contributed by atoms with E-state index in [9.17, 15) is 0 Å². The van der Waals surface area contributed by atoms with Crippen LogP contribution in [0.25, 0.3) is 0 Å². The Morgan fingerprint density at radius 1 is 1.06 bits per heavy atom. The second-order valence-corrected chi connectivity index (χ2v) is 5.55. The normalized spacial score (nSPS) is 11.3. The lowest BCUT2D eigenvalue weighted by atomic mass is 10.1. The van der Waals surface area contributed by atoms with E-state index in [-0.39, 0.29) is 12.2 Å². The van der Waals surface area contributed by atoms with Crippen LogP contribution >= 0.6 is 0 Å². The first-order valence-corrected chi connectivity index (χ1v) is 7.22. The average Bonchev–Trinajstić information content (AvgIpc) is 2.28. The fraction of sp³-hybridized carbons (Fsp3) is 1.00. The van der Waals surface area contributed by atoms with Gasteiger partial charge in [-0.25, -0.2) is 0 Å². The molecule has 0 rings (SSSR count). The highest BCUT2D eigenvalue weighted by Gasteiger charge is 2.17. The summed E-state index contributed by atoms with van der Waals surface area (Å²) in [6.07, 6.45) is 2.99. The molecule has 0 amide bonds. The molecule has 112 valence electrons. The van der Waals surface area contributed by atoms with Gasteiger partial charge >= 0.3 is 0 Å². The van der Waals surface area contributed by atoms with Gasteiger partial charge in [0.25, 0.3) is 0 Å². The Labute approximate surface area is 114 Å². The highest BCUT2D eigenvalue weighted by Crippen LogP contribution is 2.14. The predicted octanol–water partition coefficient (Wildman–Crippen LogP) is 3.64. The van der Waals surface area contributed by atoms with Gasteiger partial charge < -0.3 is 14.6 Å². The zero-order valence-electron chi connectivity index (χ0n) is 13.3. The maximum absolute atomic E-state index is 8.69. The largest absolute Gasteiger partial charge is 0.396 e. The number of aliphatic hydroxyl groups excluding tert-OH is 1. The van der Waals surface area contributed by atoms with E-state index in [1.165, 1.54) is 0 Å². The monoisotopic (exact) mass is 262 g/mol. The molecule has 0 aromatic carbocycles. The second-order valence-electron chi connectivity index (χ2n) is 5.55. The third-order valence-electron chi connectivity index (χ3n) is 2.22. The zero-order valence-corrected chi connectivity index (χ0v) is 13.3. The molecule has 0 spiro atoms. The van der Waals surface area contributed by atoms with E-state index in [0.717, 1.165) is 32.7 Å². The minimum absolute atomic E-state index is 0.168. The van der Waals surface area contributed by atoms with Crippen molar-refractivity contribution in [2.24, 2.45) is 5.92 Å². The Kier molecular flexibility index (Phi) is 14.9. The van der Waals surface area contributed by atoms with Gasteiger partial charge in [0.15, 0.2) is 0 Å². The molecule has 0 aromatic heterocycles. The highest BCUT2D eigenvalue weighted by molar-refractivity contribution is 4.67. The predicted molar refractivity (Wildman–Crippen MR) is 78.0 cm³/mol. The summed E-state index contributed by atoms with van der Waals surface area (Å²) in [5.74, 6) is 0.563. The average molecular weight is 262 g/mol. The van der Waals surface area contributed by atoms with Crippen LogP contribution in [0.1, 0.15) is 60.8 Å². The van der Waals surface area contributed by atoms with Crippen LogP contribution in [0.15, 0.2) is 0 Å². The van der Waals surface area contributed by atoms with Crippen molar-refractivity contribution in [3.63, 3.8) is 0 Å². The molecule has 0 radical (unpaired) electrons. The van der Waals surface area contributed by atoms with Gasteiger partial charge in [-0.15, -0.1) is 0 Å². The number of rotatable bonds is 9. The van der Waals surface area contributed by atoms with Gasteiger partial charge in [0, 0.05) is 26.4 Å². The Hall–Kier alpha value is -0.120. The molecule has 0 heterocycles. The van der Waals surface area contributed by atoms with Crippen LogP contribution in [0.3, 0.4) is 0 Å². The van der Waals surface area contributed by atoms with Crippen molar-refractivity contribution in [2.75, 3.05) is 26.4 Å². The van der Waals surface area contributed by atoms with E-state index >= 15 is 0 Å². The molecule has 0 aliphatic carbocycles. The van der Waals surface area contributed by atoms with E-state index in [1.54, 1.807) is 0 Å². The molecule has 0 saturated heterocycles. The number of aliphatic hydroxyl groups is 1. The Morgan fingerprint density at radius 2 is 1.56 bits per heavy atom. The van der Waals surface area contributed by atoms with Crippen LogP contribution in [0.5, 0.6) is 0 Å². The third-order valence-corrected chi connectivity index (χ3v) is 2.22. The fourth-order valence-electron chi connectivity index (χ4n) is 1.12. The maximum Gasteiger partial charge on any atom is 0.0648 e. The molecule has 0 unspecified atom stereocenters. The minimum Gasteiger partial charge on any atom is -0.396 e. The molecule has 0 atom stereocenters. The molecular weight excluding hydrogens is 228 g/mol. The molecule has 0 aromatic rings. The maximum atomic E-state index is 8.69. The molecular formula is C15H34O3. The Balaban J connectivity index is 0. The molecule has 18 heavy (non-hydrogen) atoms. The van der Waals surface area contributed by atoms with Crippen LogP contribution in [0.2, 0.25) is 0 Å². The van der Waals surface area contributed by atoms with Crippen molar-refractivity contribution in [3.05, 3.63) is 0 Å². The van der Waals surface area contributed by atoms with E-state index in [2.05, 4.69) is 27.7 Å². The van der Waals surface area contributed by atoms with Crippen molar-refractivity contribution < 1.29 is 14.6 Å². The summed E-state index contributed by atoms with van der Waals surface area (Å²) in [5, 5.41) is 8.69. The lowest BCUT2D eigenvalue weighted by Crippen LogP contribution is -2.27. The van der Waals surface area contributed by atoms with E-state index in [4.69, 9.17) is 14.6 Å². The van der Waals surface area contributed by atoms with Crippen LogP contribution in [0, 0.1) is 5.92 Å². The van der Waals surface area contributed by atoms with Crippen molar-refractivity contribution in [3.8, 4) is 0 Å². The van der Waals surface area contributed by atoms with Gasteiger partial charge in [-0.05, 0) is 39.0 Å². The summed E-state index contributed by atoms with van der Waals surface area (Å²) in [5.41, 5.74) is -0.168. The Bertz CT molecular complexity index is 152. The van der Waals surface area contributed by atoms with Gasteiger partial charge in [0.05, 0.1) is 5.60 Å². The molecule has 0 aliphatic rings. The molecule has 3 heteroatoms. The first-order chi connectivity index (χ1) is 8.39. The zero-order chi connectivity index (χ0) is 14.4. The smallest absolute Gasteiger partial charge is 0.0648 e. The molecule has 0 fully saturated rings. The van der Waals surface area contributed by atoms with Crippen LogP contribution in [-0.2, 0) is 9.47 Å². The summed E-state index contributed by atoms with van der Waals surface area (Å²) < 4.78 is 10.7. The first kappa shape index (κ1) is 20.2. The SMILES string of the molecule is CC(C)COC(C)(C)CCO.CCCOCCC. The van der Waals surface area contributed by atoms with E-state index < -0.39 is 0 Å². The van der Waals surface area contributed by atoms with Crippen LogP contribution < -0.4 is 0 Å². The molecule has 1 N–H and O–H groups in total. The van der Waals surface area contributed by atoms with Gasteiger partial charge in [0.1, 0.15) is 0 Å². The number of hydrogen-bond acceptors (Lipinski definition) is 3. The van der Waals surface area contributed by atoms with Crippen molar-refractivity contribution in [1.82, 2.24) is 0 Å². The van der Waals surface area contributed by atoms with Crippen molar-refractivity contribution in [1.29, 1.82) is 0 Å². The van der Waals surface area contributed by atoms with Crippen LogP contribution in [0.4, 0.5) is 0 Å². The lowest BCUT2D eigenvalue weighted by Gasteiger charge is -2.25. The first-order valence-electron chi connectivity index (χ1n) is 7.22. The third kappa shape index (κ3) is 18.3. The molecule has 0 aliphatic heterocycles. The molecule has 3 nitrogen and oxygen atoms in total. The van der Waals surface area contributed by atoms with Gasteiger partial charge in [-0.1, -0.05) is 27.7 Å². The summed E-state index contributed by atoms with van der Waals surface area (Å²) in [6.45, 7) is 15.3. The standard InChI is InChI=1S/C9H20O2.C6H14O/c1-8(2)7-11-9(3,4)5-6-10;1-3-5-7-6-4-2/h8,10H,5-7H2,1-4H3;3-6H2,1-2H3. The van der Waals surface area contributed by atoms with Crippen molar-refractivity contribution >= 4 is 0 Å². The Morgan fingerprint density at radius 3 is 1.89 bits per heavy atom. The molecule has 0 saturated carbocycles. The van der Waals surface area contributed by atoms with Crippen molar-refractivity contribution in [2.45, 2.75) is 66.4 Å². The minimum atomic E-state index is -0.168. The summed E-state index contributed by atoms with van der Waals surface area (Å²) in [4.78, 5) is 0. The van der Waals surface area contributed by atoms with Gasteiger partial charge in [-0.3, -0.25) is 0 Å². The summed E-state index contributed by atoms with van der Waals surface area (Å²) >= 11 is 0. The summed E-state index contributed by atoms with van der Waals surface area (Å²) in [7, 11) is 0. The molecule has 0 bridgehead atoms. The van der Waals surface area contributed by atoms with Gasteiger partial charge in [0.2, 0.25) is 0 Å². The lowest BCUT2D eigenvalue weighted by molar-refractivity contribution is -0.0440. The highest BCUT2D eigenvalue weighted by atomic mass is 16.5. The van der Waals surface area contributed by atoms with E-state index in [1.807, 2.05) is 13.8 Å². The summed E-state index contributed by atoms with van der Waals surface area (Å²) in [6, 6.07) is 0. The fourth-order valence-corrected chi connectivity index (χ4v) is 1.12. The number of hydrogen-bond donors (Lipinski definition) is 1. The van der Waals surface area contributed by atoms with Crippen LogP contribution in [-0.4, -0.2) is 37.1 Å². The second kappa shape index (κ2) is 13.3. The number of ether oxygens (including phenoxy) is 2. The topological polar surface area (TPSA) is 38.7 Å². The quantitative estimate of drug-likeness (QED) is 0.645. The van der Waals surface area contributed by atoms with E-state index in [0.29, 0.717) is 12.3 Å².